The van der Waals surface area contributed by atoms with Gasteiger partial charge in [-0.15, -0.1) is 5.10 Å². The van der Waals surface area contributed by atoms with Gasteiger partial charge in [0.15, 0.2) is 0 Å². The second kappa shape index (κ2) is 3.88. The maximum atomic E-state index is 11.8. The zero-order chi connectivity index (χ0) is 10.8. The smallest absolute Gasteiger partial charge is 0.319 e. The van der Waals surface area contributed by atoms with E-state index in [1.165, 1.54) is 0 Å². The van der Waals surface area contributed by atoms with Gasteiger partial charge >= 0.3 is 6.03 Å². The van der Waals surface area contributed by atoms with E-state index < -0.39 is 0 Å². The summed E-state index contributed by atoms with van der Waals surface area (Å²) in [5, 5.41) is 7.82. The van der Waals surface area contributed by atoms with Crippen LogP contribution in [0.15, 0.2) is 6.20 Å². The van der Waals surface area contributed by atoms with Gasteiger partial charge in [-0.25, -0.2) is 9.48 Å². The lowest BCUT2D eigenvalue weighted by Crippen LogP contribution is -2.38. The van der Waals surface area contributed by atoms with Gasteiger partial charge in [0.1, 0.15) is 0 Å². The molecule has 2 amide bonds. The molecule has 0 aromatic carbocycles. The highest BCUT2D eigenvalue weighted by molar-refractivity contribution is 5.73. The standard InChI is InChI=1S/C9H15N5O/c1-12(2)9(15)13-4-3-5-14-8(7-13)6-10-11-14/h6H,3-5,7H2,1-2H3. The second-order valence-corrected chi connectivity index (χ2v) is 3.90. The Kier molecular flexibility index (Phi) is 2.57. The first-order chi connectivity index (χ1) is 7.18. The summed E-state index contributed by atoms with van der Waals surface area (Å²) in [6, 6.07) is 0.0460. The van der Waals surface area contributed by atoms with Crippen LogP contribution < -0.4 is 0 Å². The molecule has 0 aliphatic carbocycles. The van der Waals surface area contributed by atoms with Crippen molar-refractivity contribution in [1.29, 1.82) is 0 Å². The van der Waals surface area contributed by atoms with Crippen molar-refractivity contribution in [2.75, 3.05) is 20.6 Å². The predicted molar refractivity (Wildman–Crippen MR) is 54.1 cm³/mol. The van der Waals surface area contributed by atoms with E-state index >= 15 is 0 Å². The molecule has 0 unspecified atom stereocenters. The Bertz CT molecular complexity index is 359. The first-order valence-electron chi connectivity index (χ1n) is 5.02. The number of aromatic nitrogens is 3. The van der Waals surface area contributed by atoms with Crippen LogP contribution in [0.5, 0.6) is 0 Å². The number of rotatable bonds is 0. The van der Waals surface area contributed by atoms with Crippen molar-refractivity contribution < 1.29 is 4.79 Å². The van der Waals surface area contributed by atoms with Gasteiger partial charge in [-0.1, -0.05) is 5.21 Å². The van der Waals surface area contributed by atoms with E-state index in [2.05, 4.69) is 10.3 Å². The van der Waals surface area contributed by atoms with Crippen LogP contribution in [-0.4, -0.2) is 51.5 Å². The van der Waals surface area contributed by atoms with Gasteiger partial charge in [0.25, 0.3) is 0 Å². The van der Waals surface area contributed by atoms with Crippen molar-refractivity contribution in [1.82, 2.24) is 24.8 Å². The molecule has 0 N–H and O–H groups in total. The number of amides is 2. The summed E-state index contributed by atoms with van der Waals surface area (Å²) in [6.45, 7) is 2.22. The largest absolute Gasteiger partial charge is 0.331 e. The molecule has 0 bridgehead atoms. The normalized spacial score (nSPS) is 15.7. The number of aryl methyl sites for hydroxylation is 1. The molecule has 2 rings (SSSR count). The number of nitrogens with zero attached hydrogens (tertiary/aromatic N) is 5. The molecule has 0 radical (unpaired) electrons. The van der Waals surface area contributed by atoms with Crippen molar-refractivity contribution in [2.24, 2.45) is 0 Å². The molecule has 0 saturated carbocycles. The van der Waals surface area contributed by atoms with E-state index in [1.54, 1.807) is 25.2 Å². The lowest BCUT2D eigenvalue weighted by atomic mass is 10.4. The Morgan fingerprint density at radius 3 is 3.00 bits per heavy atom. The summed E-state index contributed by atoms with van der Waals surface area (Å²) in [7, 11) is 3.53. The average Bonchev–Trinajstić information content (AvgIpc) is 2.54. The lowest BCUT2D eigenvalue weighted by molar-refractivity contribution is 0.169. The minimum Gasteiger partial charge on any atom is -0.331 e. The summed E-state index contributed by atoms with van der Waals surface area (Å²) in [4.78, 5) is 15.2. The Balaban J connectivity index is 2.15. The Hall–Kier alpha value is -1.59. The van der Waals surface area contributed by atoms with Crippen molar-refractivity contribution in [3.05, 3.63) is 11.9 Å². The molecular formula is C9H15N5O. The van der Waals surface area contributed by atoms with Gasteiger partial charge in [-0.2, -0.15) is 0 Å². The lowest BCUT2D eigenvalue weighted by Gasteiger charge is -2.23. The quantitative estimate of drug-likeness (QED) is 0.612. The van der Waals surface area contributed by atoms with E-state index in [9.17, 15) is 4.79 Å². The van der Waals surface area contributed by atoms with Crippen LogP contribution in [0.2, 0.25) is 0 Å². The molecule has 0 atom stereocenters. The molecular weight excluding hydrogens is 194 g/mol. The molecule has 1 aromatic heterocycles. The van der Waals surface area contributed by atoms with Crippen LogP contribution in [0, 0.1) is 0 Å². The SMILES string of the molecule is CN(C)C(=O)N1CCCn2nncc2C1. The highest BCUT2D eigenvalue weighted by Crippen LogP contribution is 2.11. The third-order valence-corrected chi connectivity index (χ3v) is 2.50. The van der Waals surface area contributed by atoms with Crippen molar-refractivity contribution in [2.45, 2.75) is 19.5 Å². The van der Waals surface area contributed by atoms with Crippen molar-refractivity contribution >= 4 is 6.03 Å². The molecule has 6 heteroatoms. The van der Waals surface area contributed by atoms with Crippen LogP contribution >= 0.6 is 0 Å². The molecule has 1 aromatic rings. The summed E-state index contributed by atoms with van der Waals surface area (Å²) >= 11 is 0. The fourth-order valence-electron chi connectivity index (χ4n) is 1.72. The van der Waals surface area contributed by atoms with Crippen molar-refractivity contribution in [3.8, 4) is 0 Å². The Morgan fingerprint density at radius 2 is 2.27 bits per heavy atom. The van der Waals surface area contributed by atoms with Crippen LogP contribution in [0.4, 0.5) is 4.79 Å². The number of carbonyl (C=O) groups excluding carboxylic acids is 1. The van der Waals surface area contributed by atoms with E-state index in [-0.39, 0.29) is 6.03 Å². The first kappa shape index (κ1) is 9.95. The fourth-order valence-corrected chi connectivity index (χ4v) is 1.72. The summed E-state index contributed by atoms with van der Waals surface area (Å²) in [6.07, 6.45) is 2.65. The van der Waals surface area contributed by atoms with Gasteiger partial charge in [-0.3, -0.25) is 0 Å². The van der Waals surface area contributed by atoms with Gasteiger partial charge in [-0.05, 0) is 6.42 Å². The minimum absolute atomic E-state index is 0.0460. The summed E-state index contributed by atoms with van der Waals surface area (Å²) in [5.41, 5.74) is 1.00. The van der Waals surface area contributed by atoms with Crippen molar-refractivity contribution in [3.63, 3.8) is 0 Å². The highest BCUT2D eigenvalue weighted by Gasteiger charge is 2.20. The topological polar surface area (TPSA) is 54.3 Å². The zero-order valence-electron chi connectivity index (χ0n) is 9.05. The molecule has 82 valence electrons. The third-order valence-electron chi connectivity index (χ3n) is 2.50. The molecule has 2 heterocycles. The monoisotopic (exact) mass is 209 g/mol. The maximum Gasteiger partial charge on any atom is 0.319 e. The van der Waals surface area contributed by atoms with Gasteiger partial charge in [0.05, 0.1) is 18.4 Å². The van der Waals surface area contributed by atoms with E-state index in [1.807, 2.05) is 9.58 Å². The molecule has 1 aliphatic heterocycles. The van der Waals surface area contributed by atoms with Crippen LogP contribution in [0.1, 0.15) is 12.1 Å². The van der Waals surface area contributed by atoms with Gasteiger partial charge in [0, 0.05) is 27.2 Å². The van der Waals surface area contributed by atoms with E-state index in [0.29, 0.717) is 6.54 Å². The molecule has 0 saturated heterocycles. The molecule has 1 aliphatic rings. The van der Waals surface area contributed by atoms with Crippen LogP contribution in [0.3, 0.4) is 0 Å². The first-order valence-corrected chi connectivity index (χ1v) is 5.02. The highest BCUT2D eigenvalue weighted by atomic mass is 16.2. The van der Waals surface area contributed by atoms with Crippen LogP contribution in [-0.2, 0) is 13.1 Å². The number of urea groups is 1. The second-order valence-electron chi connectivity index (χ2n) is 3.90. The van der Waals surface area contributed by atoms with Gasteiger partial charge < -0.3 is 9.80 Å². The fraction of sp³-hybridized carbons (Fsp3) is 0.667. The summed E-state index contributed by atoms with van der Waals surface area (Å²) in [5.74, 6) is 0. The van der Waals surface area contributed by atoms with E-state index in [0.717, 1.165) is 25.2 Å². The van der Waals surface area contributed by atoms with E-state index in [4.69, 9.17) is 0 Å². The van der Waals surface area contributed by atoms with Crippen LogP contribution in [0.25, 0.3) is 0 Å². The number of carbonyl (C=O) groups is 1. The number of fused-ring (bicyclic) bond motifs is 1. The molecule has 0 spiro atoms. The number of hydrogen-bond acceptors (Lipinski definition) is 3. The van der Waals surface area contributed by atoms with Gasteiger partial charge in [0.2, 0.25) is 0 Å². The number of hydrogen-bond donors (Lipinski definition) is 0. The maximum absolute atomic E-state index is 11.8. The summed E-state index contributed by atoms with van der Waals surface area (Å²) < 4.78 is 1.86. The third kappa shape index (κ3) is 1.93. The average molecular weight is 209 g/mol. The minimum atomic E-state index is 0.0460. The zero-order valence-corrected chi connectivity index (χ0v) is 9.05. The molecule has 0 fully saturated rings. The Morgan fingerprint density at radius 1 is 1.47 bits per heavy atom. The Labute approximate surface area is 88.5 Å². The predicted octanol–water partition coefficient (Wildman–Crippen LogP) is 0.165. The molecule has 15 heavy (non-hydrogen) atoms. The molecule has 6 nitrogen and oxygen atoms in total.